The fraction of sp³-hybridized carbons (Fsp3) is 0.250. The van der Waals surface area contributed by atoms with Crippen molar-refractivity contribution in [1.82, 2.24) is 9.55 Å². The number of anilines is 3. The van der Waals surface area contributed by atoms with Gasteiger partial charge in [0.15, 0.2) is 0 Å². The molecule has 0 saturated heterocycles. The van der Waals surface area contributed by atoms with Crippen LogP contribution < -0.4 is 15.4 Å². The quantitative estimate of drug-likeness (QED) is 0.606. The molecule has 0 bridgehead atoms. The van der Waals surface area contributed by atoms with E-state index in [2.05, 4.69) is 20.9 Å². The number of nitrogens with zero attached hydrogens (tertiary/aromatic N) is 5. The van der Waals surface area contributed by atoms with Crippen LogP contribution in [0.15, 0.2) is 35.1 Å². The van der Waals surface area contributed by atoms with E-state index in [1.54, 1.807) is 24.6 Å². The lowest BCUT2D eigenvalue weighted by molar-refractivity contribution is 0.814. The van der Waals surface area contributed by atoms with Gasteiger partial charge in [0, 0.05) is 44.2 Å². The van der Waals surface area contributed by atoms with E-state index >= 15 is 0 Å². The minimum Gasteiger partial charge on any atom is -0.371 e. The average Bonchev–Trinajstić information content (AvgIpc) is 2.66. The number of hydrogen-bond donors (Lipinski definition) is 0. The lowest BCUT2D eigenvalue weighted by atomic mass is 10.1. The zero-order chi connectivity index (χ0) is 19.3. The van der Waals surface area contributed by atoms with Crippen molar-refractivity contribution in [3.8, 4) is 6.07 Å². The summed E-state index contributed by atoms with van der Waals surface area (Å²) in [5.74, 6) is 0.695. The third-order valence-corrected chi connectivity index (χ3v) is 5.26. The Labute approximate surface area is 161 Å². The van der Waals surface area contributed by atoms with Crippen LogP contribution in [0.25, 0.3) is 10.9 Å². The number of halogens is 1. The number of nitriles is 1. The van der Waals surface area contributed by atoms with Gasteiger partial charge >= 0.3 is 0 Å². The Balaban J connectivity index is 2.03. The molecule has 136 valence electrons. The number of aromatic nitrogens is 2. The summed E-state index contributed by atoms with van der Waals surface area (Å²) in [5, 5.41) is 10.5. The topological polar surface area (TPSA) is 65.2 Å². The Morgan fingerprint density at radius 1 is 1.15 bits per heavy atom. The third kappa shape index (κ3) is 2.71. The summed E-state index contributed by atoms with van der Waals surface area (Å²) in [6.45, 7) is 3.30. The van der Waals surface area contributed by atoms with Gasteiger partial charge in [-0.3, -0.25) is 4.79 Å². The van der Waals surface area contributed by atoms with E-state index in [4.69, 9.17) is 11.6 Å². The van der Waals surface area contributed by atoms with Gasteiger partial charge in [-0.1, -0.05) is 11.6 Å². The monoisotopic (exact) mass is 379 g/mol. The highest BCUT2D eigenvalue weighted by Gasteiger charge is 2.25. The molecule has 1 aliphatic rings. The van der Waals surface area contributed by atoms with Crippen molar-refractivity contribution in [1.29, 1.82) is 5.26 Å². The van der Waals surface area contributed by atoms with E-state index in [1.807, 2.05) is 31.3 Å². The second-order valence-corrected chi connectivity index (χ2v) is 7.17. The number of pyridine rings is 2. The molecule has 6 nitrogen and oxygen atoms in total. The summed E-state index contributed by atoms with van der Waals surface area (Å²) < 4.78 is 1.60. The molecule has 1 aliphatic heterocycles. The highest BCUT2D eigenvalue weighted by molar-refractivity contribution is 6.30. The van der Waals surface area contributed by atoms with Crippen molar-refractivity contribution in [2.24, 2.45) is 7.05 Å². The van der Waals surface area contributed by atoms with Gasteiger partial charge in [0.05, 0.1) is 28.5 Å². The van der Waals surface area contributed by atoms with Crippen molar-refractivity contribution in [3.05, 3.63) is 57.0 Å². The van der Waals surface area contributed by atoms with Gasteiger partial charge in [0.2, 0.25) is 0 Å². The van der Waals surface area contributed by atoms with Gasteiger partial charge in [-0.2, -0.15) is 5.26 Å². The van der Waals surface area contributed by atoms with Gasteiger partial charge in [0.1, 0.15) is 11.0 Å². The second-order valence-electron chi connectivity index (χ2n) is 6.78. The minimum atomic E-state index is -0.0544. The second kappa shape index (κ2) is 6.29. The molecule has 0 aliphatic carbocycles. The molecule has 0 radical (unpaired) electrons. The summed E-state index contributed by atoms with van der Waals surface area (Å²) in [4.78, 5) is 21.2. The lowest BCUT2D eigenvalue weighted by Crippen LogP contribution is -2.37. The molecule has 0 fully saturated rings. The van der Waals surface area contributed by atoms with E-state index in [0.29, 0.717) is 28.6 Å². The molecule has 7 heteroatoms. The largest absolute Gasteiger partial charge is 0.371 e. The van der Waals surface area contributed by atoms with E-state index in [0.717, 1.165) is 28.8 Å². The van der Waals surface area contributed by atoms with Crippen LogP contribution in [0.3, 0.4) is 0 Å². The van der Waals surface area contributed by atoms with Gasteiger partial charge in [-0.25, -0.2) is 4.98 Å². The normalized spacial score (nSPS) is 13.6. The van der Waals surface area contributed by atoms with E-state index in [-0.39, 0.29) is 5.56 Å². The van der Waals surface area contributed by atoms with Gasteiger partial charge in [-0.15, -0.1) is 0 Å². The SMILES string of the molecule is Cc1cc2c(N3CCN(C)c4ccc(C#N)cc43)nc(Cl)cc2n(C)c1=O. The highest BCUT2D eigenvalue weighted by Crippen LogP contribution is 2.40. The zero-order valence-electron chi connectivity index (χ0n) is 15.3. The molecule has 4 rings (SSSR count). The number of rotatable bonds is 1. The number of fused-ring (bicyclic) bond motifs is 2. The van der Waals surface area contributed by atoms with Crippen LogP contribution in [0.2, 0.25) is 5.15 Å². The molecular weight excluding hydrogens is 362 g/mol. The maximum Gasteiger partial charge on any atom is 0.253 e. The van der Waals surface area contributed by atoms with Crippen molar-refractivity contribution >= 4 is 39.7 Å². The summed E-state index contributed by atoms with van der Waals surface area (Å²) in [5.41, 5.74) is 3.85. The Hall–Kier alpha value is -3.04. The molecule has 0 atom stereocenters. The van der Waals surface area contributed by atoms with Crippen LogP contribution in [-0.2, 0) is 7.05 Å². The summed E-state index contributed by atoms with van der Waals surface area (Å²) >= 11 is 6.31. The van der Waals surface area contributed by atoms with E-state index < -0.39 is 0 Å². The summed E-state index contributed by atoms with van der Waals surface area (Å²) in [6, 6.07) is 11.4. The fourth-order valence-corrected chi connectivity index (χ4v) is 3.80. The average molecular weight is 380 g/mol. The first-order valence-corrected chi connectivity index (χ1v) is 8.98. The zero-order valence-corrected chi connectivity index (χ0v) is 16.1. The Kier molecular flexibility index (Phi) is 4.05. The predicted octanol–water partition coefficient (Wildman–Crippen LogP) is 3.35. The molecule has 3 heterocycles. The van der Waals surface area contributed by atoms with Crippen LogP contribution in [-0.4, -0.2) is 29.7 Å². The van der Waals surface area contributed by atoms with E-state index in [9.17, 15) is 10.1 Å². The van der Waals surface area contributed by atoms with E-state index in [1.165, 1.54) is 0 Å². The standard InChI is InChI=1S/C20H18ClN5O/c1-12-8-14-16(25(3)20(12)27)10-18(21)23-19(14)26-7-6-24(2)15-5-4-13(11-22)9-17(15)26/h4-5,8-10H,6-7H2,1-3H3. The molecule has 27 heavy (non-hydrogen) atoms. The third-order valence-electron chi connectivity index (χ3n) is 5.07. The summed E-state index contributed by atoms with van der Waals surface area (Å²) in [6.07, 6.45) is 0. The van der Waals surface area contributed by atoms with Crippen LogP contribution in [0.4, 0.5) is 17.2 Å². The molecular formula is C20H18ClN5O. The summed E-state index contributed by atoms with van der Waals surface area (Å²) in [7, 11) is 3.77. The maximum atomic E-state index is 12.3. The molecule has 2 aromatic heterocycles. The predicted molar refractivity (Wildman–Crippen MR) is 108 cm³/mol. The number of likely N-dealkylation sites (N-methyl/N-ethyl adjacent to an activating group) is 1. The van der Waals surface area contributed by atoms with Crippen molar-refractivity contribution in [2.45, 2.75) is 6.92 Å². The molecule has 0 unspecified atom stereocenters. The number of benzene rings is 1. The Morgan fingerprint density at radius 3 is 2.67 bits per heavy atom. The van der Waals surface area contributed by atoms with Crippen molar-refractivity contribution in [2.75, 3.05) is 29.9 Å². The Morgan fingerprint density at radius 2 is 1.93 bits per heavy atom. The maximum absolute atomic E-state index is 12.3. The number of aryl methyl sites for hydroxylation is 2. The molecule has 0 amide bonds. The van der Waals surface area contributed by atoms with Crippen molar-refractivity contribution in [3.63, 3.8) is 0 Å². The van der Waals surface area contributed by atoms with Gasteiger partial charge in [0.25, 0.3) is 5.56 Å². The first-order valence-electron chi connectivity index (χ1n) is 8.60. The number of hydrogen-bond acceptors (Lipinski definition) is 5. The van der Waals surface area contributed by atoms with Gasteiger partial charge < -0.3 is 14.4 Å². The van der Waals surface area contributed by atoms with Crippen LogP contribution in [0.1, 0.15) is 11.1 Å². The van der Waals surface area contributed by atoms with Gasteiger partial charge in [-0.05, 0) is 31.2 Å². The van der Waals surface area contributed by atoms with Crippen LogP contribution in [0, 0.1) is 18.3 Å². The fourth-order valence-electron chi connectivity index (χ4n) is 3.62. The Bertz CT molecular complexity index is 1180. The van der Waals surface area contributed by atoms with Crippen molar-refractivity contribution < 1.29 is 0 Å². The molecule has 3 aromatic rings. The first-order chi connectivity index (χ1) is 12.9. The highest BCUT2D eigenvalue weighted by atomic mass is 35.5. The molecule has 0 spiro atoms. The lowest BCUT2D eigenvalue weighted by Gasteiger charge is -2.37. The molecule has 0 saturated carbocycles. The van der Waals surface area contributed by atoms with Crippen LogP contribution >= 0.6 is 11.6 Å². The minimum absolute atomic E-state index is 0.0544. The molecule has 1 aromatic carbocycles. The smallest absolute Gasteiger partial charge is 0.253 e. The first kappa shape index (κ1) is 17.4. The van der Waals surface area contributed by atoms with Crippen LogP contribution in [0.5, 0.6) is 0 Å². The molecule has 0 N–H and O–H groups in total.